The lowest BCUT2D eigenvalue weighted by Gasteiger charge is -2.37. The van der Waals surface area contributed by atoms with Gasteiger partial charge in [0.05, 0.1) is 5.60 Å². The number of aromatic nitrogens is 1. The van der Waals surface area contributed by atoms with E-state index in [1.54, 1.807) is 6.20 Å². The standard InChI is InChI=1S/C18H22N2O/c1-13-11-16(17(19)20-12-13)18(21)9-7-15(8-10-18)14-5-3-2-4-6-14/h2-6,11-12,15,21H,7-10H2,1H3,(H2,19,20). The fraction of sp³-hybridized carbons (Fsp3) is 0.389. The van der Waals surface area contributed by atoms with Gasteiger partial charge in [-0.1, -0.05) is 30.3 Å². The number of benzene rings is 1. The van der Waals surface area contributed by atoms with E-state index in [-0.39, 0.29) is 0 Å². The van der Waals surface area contributed by atoms with Gasteiger partial charge in [0.2, 0.25) is 0 Å². The average molecular weight is 282 g/mol. The molecule has 1 aromatic carbocycles. The first-order valence-electron chi connectivity index (χ1n) is 7.58. The van der Waals surface area contributed by atoms with Gasteiger partial charge in [0, 0.05) is 11.8 Å². The van der Waals surface area contributed by atoms with Crippen LogP contribution in [0, 0.1) is 6.92 Å². The molecular formula is C18H22N2O. The van der Waals surface area contributed by atoms with Crippen LogP contribution in [-0.4, -0.2) is 10.1 Å². The summed E-state index contributed by atoms with van der Waals surface area (Å²) < 4.78 is 0. The Kier molecular flexibility index (Phi) is 3.68. The van der Waals surface area contributed by atoms with Crippen molar-refractivity contribution >= 4 is 5.82 Å². The molecule has 21 heavy (non-hydrogen) atoms. The molecule has 3 nitrogen and oxygen atoms in total. The van der Waals surface area contributed by atoms with E-state index in [1.807, 2.05) is 19.1 Å². The predicted molar refractivity (Wildman–Crippen MR) is 84.9 cm³/mol. The highest BCUT2D eigenvalue weighted by Crippen LogP contribution is 2.44. The average Bonchev–Trinajstić information content (AvgIpc) is 2.51. The number of aryl methyl sites for hydroxylation is 1. The number of hydrogen-bond donors (Lipinski definition) is 2. The van der Waals surface area contributed by atoms with Gasteiger partial charge in [-0.15, -0.1) is 0 Å². The highest BCUT2D eigenvalue weighted by atomic mass is 16.3. The van der Waals surface area contributed by atoms with Crippen molar-refractivity contribution < 1.29 is 5.11 Å². The van der Waals surface area contributed by atoms with E-state index in [9.17, 15) is 5.11 Å². The van der Waals surface area contributed by atoms with Gasteiger partial charge in [-0.25, -0.2) is 4.98 Å². The van der Waals surface area contributed by atoms with Crippen LogP contribution >= 0.6 is 0 Å². The van der Waals surface area contributed by atoms with Gasteiger partial charge in [0.25, 0.3) is 0 Å². The second-order valence-corrected chi connectivity index (χ2v) is 6.16. The molecule has 0 unspecified atom stereocenters. The van der Waals surface area contributed by atoms with E-state index >= 15 is 0 Å². The van der Waals surface area contributed by atoms with Crippen LogP contribution in [0.15, 0.2) is 42.6 Å². The lowest BCUT2D eigenvalue weighted by Crippen LogP contribution is -2.32. The Balaban J connectivity index is 1.79. The summed E-state index contributed by atoms with van der Waals surface area (Å²) in [6.45, 7) is 1.98. The van der Waals surface area contributed by atoms with Crippen LogP contribution in [0.1, 0.15) is 48.3 Å². The van der Waals surface area contributed by atoms with Gasteiger partial charge in [-0.2, -0.15) is 0 Å². The van der Waals surface area contributed by atoms with Gasteiger partial charge in [-0.3, -0.25) is 0 Å². The molecule has 1 saturated carbocycles. The summed E-state index contributed by atoms with van der Waals surface area (Å²) in [5, 5.41) is 11.0. The molecule has 0 aliphatic heterocycles. The summed E-state index contributed by atoms with van der Waals surface area (Å²) in [6.07, 6.45) is 5.18. The molecule has 0 atom stereocenters. The van der Waals surface area contributed by atoms with Crippen LogP contribution < -0.4 is 5.73 Å². The molecule has 110 valence electrons. The van der Waals surface area contributed by atoms with Crippen molar-refractivity contribution in [3.63, 3.8) is 0 Å². The summed E-state index contributed by atoms with van der Waals surface area (Å²) >= 11 is 0. The molecule has 1 fully saturated rings. The van der Waals surface area contributed by atoms with Crippen LogP contribution in [0.2, 0.25) is 0 Å². The number of rotatable bonds is 2. The van der Waals surface area contributed by atoms with Gasteiger partial charge in [0.15, 0.2) is 0 Å². The lowest BCUT2D eigenvalue weighted by atomic mass is 9.73. The summed E-state index contributed by atoms with van der Waals surface area (Å²) in [6, 6.07) is 12.5. The second kappa shape index (κ2) is 5.49. The minimum atomic E-state index is -0.825. The number of pyridine rings is 1. The first-order chi connectivity index (χ1) is 10.1. The van der Waals surface area contributed by atoms with Crippen molar-refractivity contribution in [2.24, 2.45) is 0 Å². The Hall–Kier alpha value is -1.87. The SMILES string of the molecule is Cc1cnc(N)c(C2(O)CCC(c3ccccc3)CC2)c1. The molecule has 1 aliphatic carbocycles. The molecule has 1 heterocycles. The van der Waals surface area contributed by atoms with E-state index < -0.39 is 5.60 Å². The van der Waals surface area contributed by atoms with Crippen molar-refractivity contribution in [1.29, 1.82) is 0 Å². The van der Waals surface area contributed by atoms with Gasteiger partial charge in [0.1, 0.15) is 5.82 Å². The zero-order chi connectivity index (χ0) is 14.9. The van der Waals surface area contributed by atoms with Crippen LogP contribution in [0.4, 0.5) is 5.82 Å². The topological polar surface area (TPSA) is 59.1 Å². The molecule has 0 bridgehead atoms. The second-order valence-electron chi connectivity index (χ2n) is 6.16. The highest BCUT2D eigenvalue weighted by molar-refractivity contribution is 5.45. The molecule has 0 spiro atoms. The quantitative estimate of drug-likeness (QED) is 0.886. The highest BCUT2D eigenvalue weighted by Gasteiger charge is 2.36. The van der Waals surface area contributed by atoms with Gasteiger partial charge in [-0.05, 0) is 55.7 Å². The minimum Gasteiger partial charge on any atom is -0.385 e. The number of nitrogens with two attached hydrogens (primary N) is 1. The maximum Gasteiger partial charge on any atom is 0.129 e. The van der Waals surface area contributed by atoms with E-state index in [4.69, 9.17) is 5.73 Å². The Morgan fingerprint density at radius 3 is 2.52 bits per heavy atom. The summed E-state index contributed by atoms with van der Waals surface area (Å²) in [5.74, 6) is 0.992. The molecule has 1 aromatic heterocycles. The number of hydrogen-bond acceptors (Lipinski definition) is 3. The Bertz CT molecular complexity index is 616. The molecule has 1 aliphatic rings. The molecule has 2 aromatic rings. The van der Waals surface area contributed by atoms with E-state index in [2.05, 4.69) is 29.2 Å². The summed E-state index contributed by atoms with van der Waals surface area (Å²) in [7, 11) is 0. The number of aliphatic hydroxyl groups is 1. The maximum absolute atomic E-state index is 11.0. The molecule has 3 heteroatoms. The fourth-order valence-corrected chi connectivity index (χ4v) is 3.38. The first kappa shape index (κ1) is 14.1. The molecule has 0 radical (unpaired) electrons. The van der Waals surface area contributed by atoms with E-state index in [0.717, 1.165) is 36.8 Å². The maximum atomic E-state index is 11.0. The normalized spacial score (nSPS) is 25.7. The van der Waals surface area contributed by atoms with Crippen LogP contribution in [0.25, 0.3) is 0 Å². The Morgan fingerprint density at radius 2 is 1.86 bits per heavy atom. The van der Waals surface area contributed by atoms with Crippen LogP contribution in [0.3, 0.4) is 0 Å². The van der Waals surface area contributed by atoms with Crippen molar-refractivity contribution in [1.82, 2.24) is 4.98 Å². The fourth-order valence-electron chi connectivity index (χ4n) is 3.38. The van der Waals surface area contributed by atoms with Crippen molar-refractivity contribution in [3.8, 4) is 0 Å². The minimum absolute atomic E-state index is 0.460. The molecule has 0 saturated heterocycles. The number of nitrogens with zero attached hydrogens (tertiary/aromatic N) is 1. The third-order valence-corrected chi connectivity index (χ3v) is 4.64. The molecule has 3 rings (SSSR count). The zero-order valence-corrected chi connectivity index (χ0v) is 12.4. The predicted octanol–water partition coefficient (Wildman–Crippen LogP) is 3.52. The summed E-state index contributed by atoms with van der Waals surface area (Å²) in [5.41, 5.74) is 8.37. The molecule has 0 amide bonds. The third kappa shape index (κ3) is 2.79. The molecule has 3 N–H and O–H groups in total. The molecular weight excluding hydrogens is 260 g/mol. The largest absolute Gasteiger partial charge is 0.385 e. The van der Waals surface area contributed by atoms with E-state index in [1.165, 1.54) is 5.56 Å². The van der Waals surface area contributed by atoms with Gasteiger partial charge >= 0.3 is 0 Å². The van der Waals surface area contributed by atoms with Crippen molar-refractivity contribution in [3.05, 3.63) is 59.3 Å². The van der Waals surface area contributed by atoms with Crippen molar-refractivity contribution in [2.45, 2.75) is 44.1 Å². The Morgan fingerprint density at radius 1 is 1.19 bits per heavy atom. The zero-order valence-electron chi connectivity index (χ0n) is 12.4. The smallest absolute Gasteiger partial charge is 0.129 e. The number of nitrogen functional groups attached to an aromatic ring is 1. The first-order valence-corrected chi connectivity index (χ1v) is 7.58. The number of anilines is 1. The van der Waals surface area contributed by atoms with Crippen LogP contribution in [-0.2, 0) is 5.60 Å². The monoisotopic (exact) mass is 282 g/mol. The summed E-state index contributed by atoms with van der Waals surface area (Å²) in [4.78, 5) is 4.19. The van der Waals surface area contributed by atoms with Crippen LogP contribution in [0.5, 0.6) is 0 Å². The lowest BCUT2D eigenvalue weighted by molar-refractivity contribution is -0.00525. The third-order valence-electron chi connectivity index (χ3n) is 4.64. The van der Waals surface area contributed by atoms with Crippen molar-refractivity contribution in [2.75, 3.05) is 5.73 Å². The van der Waals surface area contributed by atoms with E-state index in [0.29, 0.717) is 11.7 Å². The Labute approximate surface area is 125 Å². The van der Waals surface area contributed by atoms with Gasteiger partial charge < -0.3 is 10.8 Å².